The zero-order valence-corrected chi connectivity index (χ0v) is 10.5. The molecule has 3 rings (SSSR count). The Morgan fingerprint density at radius 2 is 2.11 bits per heavy atom. The first-order chi connectivity index (χ1) is 8.74. The van der Waals surface area contributed by atoms with Crippen molar-refractivity contribution in [2.45, 2.75) is 18.9 Å². The summed E-state index contributed by atoms with van der Waals surface area (Å²) in [6.07, 6.45) is 2.55. The van der Waals surface area contributed by atoms with Gasteiger partial charge in [0.1, 0.15) is 5.82 Å². The fraction of sp³-hybridized carbons (Fsp3) is 0.357. The normalized spacial score (nSPS) is 19.3. The predicted octanol–water partition coefficient (Wildman–Crippen LogP) is 2.52. The van der Waals surface area contributed by atoms with Crippen LogP contribution in [0, 0.1) is 0 Å². The molecule has 1 aromatic carbocycles. The van der Waals surface area contributed by atoms with Gasteiger partial charge in [-0.2, -0.15) is 5.10 Å². The van der Waals surface area contributed by atoms with Crippen molar-refractivity contribution in [2.24, 2.45) is 7.05 Å². The van der Waals surface area contributed by atoms with E-state index in [1.165, 1.54) is 5.56 Å². The standard InChI is InChI=1S/C14H17N3O/c1-17-14(15)9-12(16-17)10-4-6-11(7-5-10)13-3-2-8-18-13/h4-7,9,13H,2-3,8,15H2,1H3. The number of anilines is 1. The van der Waals surface area contributed by atoms with Crippen LogP contribution in [0.5, 0.6) is 0 Å². The number of nitrogen functional groups attached to an aromatic ring is 1. The van der Waals surface area contributed by atoms with Crippen LogP contribution in [0.2, 0.25) is 0 Å². The molecule has 1 fully saturated rings. The van der Waals surface area contributed by atoms with E-state index in [0.29, 0.717) is 5.82 Å². The summed E-state index contributed by atoms with van der Waals surface area (Å²) in [5, 5.41) is 4.37. The van der Waals surface area contributed by atoms with E-state index in [4.69, 9.17) is 10.5 Å². The van der Waals surface area contributed by atoms with E-state index in [1.807, 2.05) is 13.1 Å². The molecule has 1 unspecified atom stereocenters. The van der Waals surface area contributed by atoms with Crippen molar-refractivity contribution in [3.8, 4) is 11.3 Å². The first-order valence-electron chi connectivity index (χ1n) is 6.25. The summed E-state index contributed by atoms with van der Waals surface area (Å²) in [6, 6.07) is 10.3. The Morgan fingerprint density at radius 3 is 2.67 bits per heavy atom. The summed E-state index contributed by atoms with van der Waals surface area (Å²) in [7, 11) is 1.85. The van der Waals surface area contributed by atoms with Gasteiger partial charge in [0.25, 0.3) is 0 Å². The van der Waals surface area contributed by atoms with Gasteiger partial charge >= 0.3 is 0 Å². The van der Waals surface area contributed by atoms with Crippen molar-refractivity contribution in [3.63, 3.8) is 0 Å². The van der Waals surface area contributed by atoms with Crippen LogP contribution >= 0.6 is 0 Å². The van der Waals surface area contributed by atoms with Crippen molar-refractivity contribution < 1.29 is 4.74 Å². The van der Waals surface area contributed by atoms with Crippen molar-refractivity contribution in [1.82, 2.24) is 9.78 Å². The molecular formula is C14H17N3O. The minimum atomic E-state index is 0.271. The molecule has 0 amide bonds. The largest absolute Gasteiger partial charge is 0.384 e. The van der Waals surface area contributed by atoms with E-state index in [-0.39, 0.29) is 6.10 Å². The molecule has 0 spiro atoms. The summed E-state index contributed by atoms with van der Waals surface area (Å²) in [6.45, 7) is 0.878. The molecule has 0 aliphatic carbocycles. The van der Waals surface area contributed by atoms with Crippen LogP contribution in [-0.4, -0.2) is 16.4 Å². The molecule has 94 valence electrons. The molecule has 0 saturated carbocycles. The van der Waals surface area contributed by atoms with Crippen LogP contribution in [0.4, 0.5) is 5.82 Å². The minimum Gasteiger partial charge on any atom is -0.384 e. The van der Waals surface area contributed by atoms with E-state index in [1.54, 1.807) is 4.68 Å². The van der Waals surface area contributed by atoms with Crippen LogP contribution in [0.25, 0.3) is 11.3 Å². The van der Waals surface area contributed by atoms with Crippen LogP contribution in [0.15, 0.2) is 30.3 Å². The molecule has 4 nitrogen and oxygen atoms in total. The third-order valence-corrected chi connectivity index (χ3v) is 3.42. The Labute approximate surface area is 106 Å². The smallest absolute Gasteiger partial charge is 0.121 e. The number of benzene rings is 1. The average Bonchev–Trinajstić information content (AvgIpc) is 3.01. The summed E-state index contributed by atoms with van der Waals surface area (Å²) < 4.78 is 7.35. The highest BCUT2D eigenvalue weighted by molar-refractivity contribution is 5.62. The van der Waals surface area contributed by atoms with Gasteiger partial charge in [-0.05, 0) is 18.4 Å². The van der Waals surface area contributed by atoms with Gasteiger partial charge in [0, 0.05) is 25.3 Å². The van der Waals surface area contributed by atoms with Crippen molar-refractivity contribution in [1.29, 1.82) is 0 Å². The topological polar surface area (TPSA) is 53.1 Å². The molecule has 2 N–H and O–H groups in total. The third-order valence-electron chi connectivity index (χ3n) is 3.42. The number of hydrogen-bond donors (Lipinski definition) is 1. The fourth-order valence-corrected chi connectivity index (χ4v) is 2.33. The minimum absolute atomic E-state index is 0.271. The maximum Gasteiger partial charge on any atom is 0.121 e. The summed E-state index contributed by atoms with van der Waals surface area (Å²) in [5.41, 5.74) is 9.04. The lowest BCUT2D eigenvalue weighted by Gasteiger charge is -2.09. The first kappa shape index (κ1) is 11.3. The molecule has 0 bridgehead atoms. The number of aryl methyl sites for hydroxylation is 1. The van der Waals surface area contributed by atoms with E-state index in [0.717, 1.165) is 30.7 Å². The van der Waals surface area contributed by atoms with Crippen molar-refractivity contribution in [2.75, 3.05) is 12.3 Å². The molecule has 1 saturated heterocycles. The molecule has 1 aromatic heterocycles. The van der Waals surface area contributed by atoms with Crippen molar-refractivity contribution in [3.05, 3.63) is 35.9 Å². The summed E-state index contributed by atoms with van der Waals surface area (Å²) in [4.78, 5) is 0. The second-order valence-corrected chi connectivity index (χ2v) is 4.70. The highest BCUT2D eigenvalue weighted by Gasteiger charge is 2.17. The Kier molecular flexibility index (Phi) is 2.80. The Balaban J connectivity index is 1.86. The Morgan fingerprint density at radius 1 is 1.33 bits per heavy atom. The SMILES string of the molecule is Cn1nc(-c2ccc(C3CCCO3)cc2)cc1N. The average molecular weight is 243 g/mol. The van der Waals surface area contributed by atoms with Crippen LogP contribution in [0.3, 0.4) is 0 Å². The van der Waals surface area contributed by atoms with Gasteiger partial charge in [-0.25, -0.2) is 0 Å². The molecule has 1 aliphatic heterocycles. The lowest BCUT2D eigenvalue weighted by molar-refractivity contribution is 0.112. The molecule has 0 radical (unpaired) electrons. The highest BCUT2D eigenvalue weighted by Crippen LogP contribution is 2.30. The van der Waals surface area contributed by atoms with Crippen LogP contribution in [0.1, 0.15) is 24.5 Å². The van der Waals surface area contributed by atoms with Crippen LogP contribution in [-0.2, 0) is 11.8 Å². The van der Waals surface area contributed by atoms with E-state index < -0.39 is 0 Å². The van der Waals surface area contributed by atoms with Gasteiger partial charge in [0.2, 0.25) is 0 Å². The zero-order valence-electron chi connectivity index (χ0n) is 10.5. The monoisotopic (exact) mass is 243 g/mol. The predicted molar refractivity (Wildman–Crippen MR) is 71.0 cm³/mol. The van der Waals surface area contributed by atoms with Crippen LogP contribution < -0.4 is 5.73 Å². The number of hydrogen-bond acceptors (Lipinski definition) is 3. The van der Waals surface area contributed by atoms with E-state index >= 15 is 0 Å². The Bertz CT molecular complexity index is 519. The molecule has 2 heterocycles. The molecule has 2 aromatic rings. The number of ether oxygens (including phenoxy) is 1. The second-order valence-electron chi connectivity index (χ2n) is 4.70. The number of nitrogens with two attached hydrogens (primary N) is 1. The second kappa shape index (κ2) is 4.46. The maximum absolute atomic E-state index is 5.79. The molecular weight excluding hydrogens is 226 g/mol. The summed E-state index contributed by atoms with van der Waals surface area (Å²) in [5.74, 6) is 0.674. The molecule has 4 heteroatoms. The maximum atomic E-state index is 5.79. The number of aromatic nitrogens is 2. The molecule has 1 aliphatic rings. The first-order valence-corrected chi connectivity index (χ1v) is 6.25. The van der Waals surface area contributed by atoms with Gasteiger partial charge in [0.15, 0.2) is 0 Å². The lowest BCUT2D eigenvalue weighted by atomic mass is 10.0. The lowest BCUT2D eigenvalue weighted by Crippen LogP contribution is -1.96. The van der Waals surface area contributed by atoms with E-state index in [9.17, 15) is 0 Å². The van der Waals surface area contributed by atoms with Crippen molar-refractivity contribution >= 4 is 5.82 Å². The number of nitrogens with zero attached hydrogens (tertiary/aromatic N) is 2. The Hall–Kier alpha value is -1.81. The molecule has 18 heavy (non-hydrogen) atoms. The van der Waals surface area contributed by atoms with Gasteiger partial charge in [0.05, 0.1) is 11.8 Å². The van der Waals surface area contributed by atoms with E-state index in [2.05, 4.69) is 29.4 Å². The zero-order chi connectivity index (χ0) is 12.5. The summed E-state index contributed by atoms with van der Waals surface area (Å²) >= 11 is 0. The van der Waals surface area contributed by atoms with Gasteiger partial charge in [-0.1, -0.05) is 24.3 Å². The third kappa shape index (κ3) is 1.99. The quantitative estimate of drug-likeness (QED) is 0.881. The van der Waals surface area contributed by atoms with Gasteiger partial charge in [-0.3, -0.25) is 4.68 Å². The van der Waals surface area contributed by atoms with Gasteiger partial charge in [-0.15, -0.1) is 0 Å². The van der Waals surface area contributed by atoms with Gasteiger partial charge < -0.3 is 10.5 Å². The molecule has 1 atom stereocenters. The fourth-order valence-electron chi connectivity index (χ4n) is 2.33. The highest BCUT2D eigenvalue weighted by atomic mass is 16.5. The number of rotatable bonds is 2.